The Bertz CT molecular complexity index is 340. The molecule has 0 unspecified atom stereocenters. The molecular weight excluding hydrogens is 336 g/mol. The van der Waals surface area contributed by atoms with Crippen LogP contribution in [0, 0.1) is 6.92 Å². The normalized spacial score (nSPS) is 10.2. The van der Waals surface area contributed by atoms with E-state index < -0.39 is 0 Å². The first-order valence-corrected chi connectivity index (χ1v) is 7.24. The van der Waals surface area contributed by atoms with Gasteiger partial charge in [0.1, 0.15) is 11.5 Å². The Labute approximate surface area is 114 Å². The number of ether oxygens (including phenoxy) is 2. The van der Waals surface area contributed by atoms with Crippen molar-refractivity contribution < 1.29 is 9.47 Å². The molecule has 16 heavy (non-hydrogen) atoms. The van der Waals surface area contributed by atoms with Crippen molar-refractivity contribution >= 4 is 31.9 Å². The molecule has 89 valence electrons. The summed E-state index contributed by atoms with van der Waals surface area (Å²) >= 11 is 6.89. The van der Waals surface area contributed by atoms with Crippen molar-refractivity contribution in [3.63, 3.8) is 0 Å². The average molecular weight is 351 g/mol. The fourth-order valence-electron chi connectivity index (χ4n) is 1.36. The van der Waals surface area contributed by atoms with Gasteiger partial charge in [0.2, 0.25) is 0 Å². The topological polar surface area (TPSA) is 18.5 Å². The smallest absolute Gasteiger partial charge is 0.123 e. The number of methoxy groups -OCH3 is 1. The molecule has 0 N–H and O–H groups in total. The second kappa shape index (κ2) is 7.17. The van der Waals surface area contributed by atoms with Crippen LogP contribution in [-0.2, 0) is 10.7 Å². The number of halogens is 2. The quantitative estimate of drug-likeness (QED) is 0.719. The monoisotopic (exact) mass is 349 g/mol. The molecule has 0 amide bonds. The van der Waals surface area contributed by atoms with Crippen LogP contribution < -0.4 is 9.47 Å². The Morgan fingerprint density at radius 1 is 1.12 bits per heavy atom. The van der Waals surface area contributed by atoms with Crippen molar-refractivity contribution in [3.8, 4) is 11.5 Å². The van der Waals surface area contributed by atoms with E-state index in [4.69, 9.17) is 9.47 Å². The van der Waals surface area contributed by atoms with Crippen LogP contribution in [0.1, 0.15) is 17.5 Å². The minimum Gasteiger partial charge on any atom is -0.496 e. The molecule has 0 fully saturated rings. The lowest BCUT2D eigenvalue weighted by atomic mass is 10.1. The van der Waals surface area contributed by atoms with Crippen molar-refractivity contribution in [2.75, 3.05) is 13.7 Å². The van der Waals surface area contributed by atoms with Crippen LogP contribution >= 0.6 is 31.9 Å². The van der Waals surface area contributed by atoms with Crippen LogP contribution in [0.25, 0.3) is 0 Å². The predicted molar refractivity (Wildman–Crippen MR) is 73.7 cm³/mol. The first-order valence-electron chi connectivity index (χ1n) is 5.00. The predicted octanol–water partition coefficient (Wildman–Crippen LogP) is 4.09. The van der Waals surface area contributed by atoms with Gasteiger partial charge in [-0.05, 0) is 25.5 Å². The van der Waals surface area contributed by atoms with Gasteiger partial charge in [-0.25, -0.2) is 0 Å². The van der Waals surface area contributed by atoms with Crippen molar-refractivity contribution in [1.82, 2.24) is 0 Å². The van der Waals surface area contributed by atoms with Gasteiger partial charge in [-0.15, -0.1) is 0 Å². The molecule has 1 aromatic rings. The lowest BCUT2D eigenvalue weighted by Gasteiger charge is -2.14. The van der Waals surface area contributed by atoms with Gasteiger partial charge in [-0.2, -0.15) is 0 Å². The molecular formula is C12H15Br2O2. The first-order chi connectivity index (χ1) is 7.76. The fourth-order valence-corrected chi connectivity index (χ4v) is 2.24. The van der Waals surface area contributed by atoms with Gasteiger partial charge in [-0.1, -0.05) is 31.9 Å². The van der Waals surface area contributed by atoms with Crippen molar-refractivity contribution in [3.05, 3.63) is 30.2 Å². The molecule has 0 aromatic heterocycles. The lowest BCUT2D eigenvalue weighted by molar-refractivity contribution is 0.320. The Balaban J connectivity index is 3.05. The molecule has 0 aliphatic heterocycles. The van der Waals surface area contributed by atoms with Gasteiger partial charge < -0.3 is 9.47 Å². The summed E-state index contributed by atoms with van der Waals surface area (Å²) in [5.74, 6) is 1.78. The van der Waals surface area contributed by atoms with Gasteiger partial charge in [0.25, 0.3) is 0 Å². The lowest BCUT2D eigenvalue weighted by Crippen LogP contribution is -2.00. The number of rotatable bonds is 6. The zero-order valence-electron chi connectivity index (χ0n) is 9.26. The van der Waals surface area contributed by atoms with Gasteiger partial charge in [-0.3, -0.25) is 0 Å². The van der Waals surface area contributed by atoms with E-state index in [-0.39, 0.29) is 0 Å². The molecule has 0 aliphatic carbocycles. The second-order valence-corrected chi connectivity index (χ2v) is 4.36. The molecule has 0 saturated heterocycles. The van der Waals surface area contributed by atoms with E-state index in [1.54, 1.807) is 7.11 Å². The summed E-state index contributed by atoms with van der Waals surface area (Å²) in [5.41, 5.74) is 2.18. The zero-order chi connectivity index (χ0) is 12.0. The van der Waals surface area contributed by atoms with E-state index >= 15 is 0 Å². The number of hydrogen-bond acceptors (Lipinski definition) is 2. The Morgan fingerprint density at radius 2 is 1.69 bits per heavy atom. The van der Waals surface area contributed by atoms with Crippen LogP contribution in [-0.4, -0.2) is 13.7 Å². The molecule has 0 spiro atoms. The Hall–Kier alpha value is -0.220. The minimum absolute atomic E-state index is 0.633. The summed E-state index contributed by atoms with van der Waals surface area (Å²) in [4.78, 5) is 0. The third kappa shape index (κ3) is 3.39. The van der Waals surface area contributed by atoms with E-state index in [2.05, 4.69) is 38.8 Å². The molecule has 0 atom stereocenters. The molecule has 0 saturated carbocycles. The maximum Gasteiger partial charge on any atom is 0.123 e. The maximum atomic E-state index is 5.65. The molecule has 1 rings (SSSR count). The molecule has 0 heterocycles. The SMILES string of the molecule is [CH2]CCOc1cc(CBr)c(OC)cc1CBr. The van der Waals surface area contributed by atoms with Crippen molar-refractivity contribution in [1.29, 1.82) is 0 Å². The minimum atomic E-state index is 0.633. The fraction of sp³-hybridized carbons (Fsp3) is 0.417. The third-order valence-electron chi connectivity index (χ3n) is 2.15. The highest BCUT2D eigenvalue weighted by molar-refractivity contribution is 9.08. The van der Waals surface area contributed by atoms with Crippen LogP contribution in [0.2, 0.25) is 0 Å². The molecule has 0 bridgehead atoms. The highest BCUT2D eigenvalue weighted by Crippen LogP contribution is 2.31. The van der Waals surface area contributed by atoms with Crippen LogP contribution in [0.5, 0.6) is 11.5 Å². The number of hydrogen-bond donors (Lipinski definition) is 0. The number of alkyl halides is 2. The van der Waals surface area contributed by atoms with Crippen molar-refractivity contribution in [2.24, 2.45) is 0 Å². The van der Waals surface area contributed by atoms with E-state index in [0.717, 1.165) is 39.7 Å². The standard InChI is InChI=1S/C12H15Br2O2/c1-3-4-16-12-6-9(7-13)11(15-2)5-10(12)8-14/h5-6H,1,3-4,7-8H2,2H3. The summed E-state index contributed by atoms with van der Waals surface area (Å²) in [5, 5.41) is 1.50. The van der Waals surface area contributed by atoms with Crippen LogP contribution in [0.15, 0.2) is 12.1 Å². The van der Waals surface area contributed by atoms with Gasteiger partial charge in [0.15, 0.2) is 0 Å². The van der Waals surface area contributed by atoms with E-state index in [0.29, 0.717) is 6.61 Å². The summed E-state index contributed by atoms with van der Waals surface area (Å²) in [6.45, 7) is 4.39. The van der Waals surface area contributed by atoms with Crippen LogP contribution in [0.3, 0.4) is 0 Å². The first kappa shape index (κ1) is 13.8. The largest absolute Gasteiger partial charge is 0.496 e. The molecule has 4 heteroatoms. The van der Waals surface area contributed by atoms with E-state index in [9.17, 15) is 0 Å². The summed E-state index contributed by atoms with van der Waals surface area (Å²) in [7, 11) is 1.68. The van der Waals surface area contributed by atoms with Gasteiger partial charge >= 0.3 is 0 Å². The zero-order valence-corrected chi connectivity index (χ0v) is 12.4. The highest BCUT2D eigenvalue weighted by atomic mass is 79.9. The van der Waals surface area contributed by atoms with Crippen LogP contribution in [0.4, 0.5) is 0 Å². The molecule has 1 radical (unpaired) electrons. The molecule has 0 aliphatic rings. The Kier molecular flexibility index (Phi) is 6.21. The second-order valence-electron chi connectivity index (χ2n) is 3.24. The average Bonchev–Trinajstić information content (AvgIpc) is 2.35. The van der Waals surface area contributed by atoms with Crippen molar-refractivity contribution in [2.45, 2.75) is 17.1 Å². The maximum absolute atomic E-state index is 5.65. The Morgan fingerprint density at radius 3 is 2.19 bits per heavy atom. The summed E-state index contributed by atoms with van der Waals surface area (Å²) < 4.78 is 11.0. The third-order valence-corrected chi connectivity index (χ3v) is 3.36. The van der Waals surface area contributed by atoms with Gasteiger partial charge in [0.05, 0.1) is 13.7 Å². The van der Waals surface area contributed by atoms with E-state index in [1.165, 1.54) is 0 Å². The number of benzene rings is 1. The highest BCUT2D eigenvalue weighted by Gasteiger charge is 2.10. The van der Waals surface area contributed by atoms with E-state index in [1.807, 2.05) is 12.1 Å². The summed E-state index contributed by atoms with van der Waals surface area (Å²) in [6.07, 6.45) is 0.761. The molecule has 2 nitrogen and oxygen atoms in total. The molecule has 1 aromatic carbocycles. The summed E-state index contributed by atoms with van der Waals surface area (Å²) in [6, 6.07) is 4.02. The van der Waals surface area contributed by atoms with Gasteiger partial charge in [0, 0.05) is 21.8 Å².